The standard InChI is InChI=1S/C20H17F3N4OS.ClH/c21-20(22,23)16-4-2-1-3-13(16)10-17-26-27-19(29-17)25-18(28)14-5-6-15-11-24-8-7-12(15)9-14;/h1-6,9,24H,7-8,10-11H2,(H,25,27,28);1H. The topological polar surface area (TPSA) is 66.9 Å². The molecule has 30 heavy (non-hydrogen) atoms. The van der Waals surface area contributed by atoms with Gasteiger partial charge in [-0.05, 0) is 47.9 Å². The van der Waals surface area contributed by atoms with Gasteiger partial charge in [-0.25, -0.2) is 0 Å². The monoisotopic (exact) mass is 454 g/mol. The van der Waals surface area contributed by atoms with E-state index in [0.29, 0.717) is 10.6 Å². The lowest BCUT2D eigenvalue weighted by Gasteiger charge is -2.17. The molecule has 1 aliphatic rings. The number of anilines is 1. The maximum absolute atomic E-state index is 13.1. The number of halogens is 4. The zero-order valence-electron chi connectivity index (χ0n) is 15.6. The first kappa shape index (κ1) is 22.2. The molecule has 0 atom stereocenters. The molecule has 2 heterocycles. The molecule has 0 spiro atoms. The Morgan fingerprint density at radius 2 is 1.93 bits per heavy atom. The van der Waals surface area contributed by atoms with E-state index in [1.165, 1.54) is 17.7 Å². The molecule has 0 radical (unpaired) electrons. The van der Waals surface area contributed by atoms with Crippen molar-refractivity contribution in [1.82, 2.24) is 15.5 Å². The molecule has 0 unspecified atom stereocenters. The molecule has 2 aromatic carbocycles. The van der Waals surface area contributed by atoms with Crippen LogP contribution >= 0.6 is 23.7 Å². The lowest BCUT2D eigenvalue weighted by atomic mass is 9.98. The molecule has 0 fully saturated rings. The number of amides is 1. The summed E-state index contributed by atoms with van der Waals surface area (Å²) < 4.78 is 39.4. The number of carbonyl (C=O) groups excluding carboxylic acids is 1. The molecule has 10 heteroatoms. The van der Waals surface area contributed by atoms with Crippen molar-refractivity contribution in [2.24, 2.45) is 0 Å². The van der Waals surface area contributed by atoms with E-state index in [0.717, 1.165) is 42.5 Å². The van der Waals surface area contributed by atoms with Crippen LogP contribution in [0.15, 0.2) is 42.5 Å². The van der Waals surface area contributed by atoms with Crippen molar-refractivity contribution < 1.29 is 18.0 Å². The van der Waals surface area contributed by atoms with Gasteiger partial charge in [0.05, 0.1) is 5.56 Å². The summed E-state index contributed by atoms with van der Waals surface area (Å²) in [5.41, 5.74) is 2.26. The molecule has 0 bridgehead atoms. The van der Waals surface area contributed by atoms with Crippen LogP contribution in [0.1, 0.15) is 37.6 Å². The largest absolute Gasteiger partial charge is 0.416 e. The number of benzene rings is 2. The predicted molar refractivity (Wildman–Crippen MR) is 111 cm³/mol. The van der Waals surface area contributed by atoms with Crippen LogP contribution in [0.5, 0.6) is 0 Å². The van der Waals surface area contributed by atoms with Crippen molar-refractivity contribution in [1.29, 1.82) is 0 Å². The minimum absolute atomic E-state index is 0. The normalized spacial score (nSPS) is 13.3. The number of aromatic nitrogens is 2. The van der Waals surface area contributed by atoms with E-state index in [1.807, 2.05) is 12.1 Å². The van der Waals surface area contributed by atoms with Crippen molar-refractivity contribution in [3.8, 4) is 0 Å². The summed E-state index contributed by atoms with van der Waals surface area (Å²) >= 11 is 1.07. The van der Waals surface area contributed by atoms with Crippen molar-refractivity contribution in [2.75, 3.05) is 11.9 Å². The van der Waals surface area contributed by atoms with E-state index in [1.54, 1.807) is 12.1 Å². The van der Waals surface area contributed by atoms with Crippen LogP contribution in [0.4, 0.5) is 18.3 Å². The van der Waals surface area contributed by atoms with Crippen LogP contribution in [0.25, 0.3) is 0 Å². The van der Waals surface area contributed by atoms with Gasteiger partial charge in [0, 0.05) is 18.5 Å². The molecule has 3 aromatic rings. The number of fused-ring (bicyclic) bond motifs is 1. The summed E-state index contributed by atoms with van der Waals surface area (Å²) in [5, 5.41) is 14.4. The Labute approximate surface area is 181 Å². The highest BCUT2D eigenvalue weighted by atomic mass is 35.5. The Balaban J connectivity index is 0.00000256. The number of rotatable bonds is 4. The molecule has 5 nitrogen and oxygen atoms in total. The second-order valence-corrected chi connectivity index (χ2v) is 7.76. The van der Waals surface area contributed by atoms with Gasteiger partial charge in [0.2, 0.25) is 5.13 Å². The van der Waals surface area contributed by atoms with Gasteiger partial charge in [-0.2, -0.15) is 13.2 Å². The lowest BCUT2D eigenvalue weighted by molar-refractivity contribution is -0.138. The minimum atomic E-state index is -4.43. The quantitative estimate of drug-likeness (QED) is 0.610. The highest BCUT2D eigenvalue weighted by Gasteiger charge is 2.33. The molecule has 2 N–H and O–H groups in total. The first-order valence-electron chi connectivity index (χ1n) is 9.01. The maximum atomic E-state index is 13.1. The van der Waals surface area contributed by atoms with E-state index in [2.05, 4.69) is 20.8 Å². The number of alkyl halides is 3. The van der Waals surface area contributed by atoms with Crippen molar-refractivity contribution >= 4 is 34.8 Å². The number of carbonyl (C=O) groups is 1. The zero-order chi connectivity index (χ0) is 20.4. The summed E-state index contributed by atoms with van der Waals surface area (Å²) in [6, 6.07) is 10.9. The summed E-state index contributed by atoms with van der Waals surface area (Å²) in [7, 11) is 0. The Morgan fingerprint density at radius 3 is 2.73 bits per heavy atom. The maximum Gasteiger partial charge on any atom is 0.416 e. The third-order valence-corrected chi connectivity index (χ3v) is 5.55. The molecule has 0 saturated carbocycles. The summed E-state index contributed by atoms with van der Waals surface area (Å²) in [6.07, 6.45) is -3.58. The molecule has 158 valence electrons. The summed E-state index contributed by atoms with van der Waals surface area (Å²) in [4.78, 5) is 12.5. The number of nitrogens with one attached hydrogen (secondary N) is 2. The Bertz CT molecular complexity index is 1050. The fraction of sp³-hybridized carbons (Fsp3) is 0.250. The first-order valence-corrected chi connectivity index (χ1v) is 9.83. The van der Waals surface area contributed by atoms with Gasteiger partial charge in [-0.15, -0.1) is 22.6 Å². The van der Waals surface area contributed by atoms with Gasteiger partial charge < -0.3 is 5.32 Å². The molecular formula is C20H18ClF3N4OS. The molecule has 1 aromatic heterocycles. The Morgan fingerprint density at radius 1 is 1.13 bits per heavy atom. The van der Waals surface area contributed by atoms with E-state index >= 15 is 0 Å². The van der Waals surface area contributed by atoms with Gasteiger partial charge in [-0.3, -0.25) is 10.1 Å². The molecule has 1 amide bonds. The minimum Gasteiger partial charge on any atom is -0.312 e. The SMILES string of the molecule is Cl.O=C(Nc1nnc(Cc2ccccc2C(F)(F)F)s1)c1ccc2c(c1)CCNC2. The lowest BCUT2D eigenvalue weighted by Crippen LogP contribution is -2.24. The highest BCUT2D eigenvalue weighted by molar-refractivity contribution is 7.15. The fourth-order valence-electron chi connectivity index (χ4n) is 3.28. The Kier molecular flexibility index (Phi) is 6.74. The third kappa shape index (κ3) is 4.97. The zero-order valence-corrected chi connectivity index (χ0v) is 17.3. The van der Waals surface area contributed by atoms with Crippen LogP contribution in [0, 0.1) is 0 Å². The van der Waals surface area contributed by atoms with E-state index in [9.17, 15) is 18.0 Å². The van der Waals surface area contributed by atoms with Gasteiger partial charge in [0.15, 0.2) is 0 Å². The van der Waals surface area contributed by atoms with E-state index < -0.39 is 11.7 Å². The van der Waals surface area contributed by atoms with Crippen LogP contribution in [0.2, 0.25) is 0 Å². The van der Waals surface area contributed by atoms with E-state index in [-0.39, 0.29) is 35.4 Å². The average molecular weight is 455 g/mol. The smallest absolute Gasteiger partial charge is 0.312 e. The first-order chi connectivity index (χ1) is 13.9. The second-order valence-electron chi connectivity index (χ2n) is 6.70. The predicted octanol–water partition coefficient (Wildman–Crippen LogP) is 4.47. The molecule has 0 saturated heterocycles. The van der Waals surface area contributed by atoms with Crippen LogP contribution in [-0.4, -0.2) is 22.6 Å². The summed E-state index contributed by atoms with van der Waals surface area (Å²) in [6.45, 7) is 1.66. The Hall–Kier alpha value is -2.49. The molecule has 0 aliphatic carbocycles. The van der Waals surface area contributed by atoms with Crippen molar-refractivity contribution in [3.05, 3.63) is 75.3 Å². The van der Waals surface area contributed by atoms with Gasteiger partial charge in [0.25, 0.3) is 5.91 Å². The van der Waals surface area contributed by atoms with Crippen LogP contribution in [0.3, 0.4) is 0 Å². The number of hydrogen-bond acceptors (Lipinski definition) is 5. The second kappa shape index (κ2) is 9.11. The van der Waals surface area contributed by atoms with Gasteiger partial charge >= 0.3 is 6.18 Å². The number of nitrogens with zero attached hydrogens (tertiary/aromatic N) is 2. The summed E-state index contributed by atoms with van der Waals surface area (Å²) in [5.74, 6) is -0.315. The van der Waals surface area contributed by atoms with Crippen LogP contribution in [-0.2, 0) is 25.6 Å². The fourth-order valence-corrected chi connectivity index (χ4v) is 4.04. The van der Waals surface area contributed by atoms with Gasteiger partial charge in [-0.1, -0.05) is 35.6 Å². The molecular weight excluding hydrogens is 437 g/mol. The highest BCUT2D eigenvalue weighted by Crippen LogP contribution is 2.33. The average Bonchev–Trinajstić information content (AvgIpc) is 3.14. The molecule has 1 aliphatic heterocycles. The van der Waals surface area contributed by atoms with Crippen LogP contribution < -0.4 is 10.6 Å². The third-order valence-electron chi connectivity index (χ3n) is 4.71. The van der Waals surface area contributed by atoms with Gasteiger partial charge in [0.1, 0.15) is 5.01 Å². The van der Waals surface area contributed by atoms with E-state index in [4.69, 9.17) is 0 Å². The van der Waals surface area contributed by atoms with Crippen molar-refractivity contribution in [2.45, 2.75) is 25.6 Å². The number of hydrogen-bond donors (Lipinski definition) is 2. The van der Waals surface area contributed by atoms with Crippen molar-refractivity contribution in [3.63, 3.8) is 0 Å². The molecule has 4 rings (SSSR count).